The molecule has 3 aromatic rings. The molecular weight excluding hydrogens is 240 g/mol. The van der Waals surface area contributed by atoms with Crippen molar-refractivity contribution in [3.63, 3.8) is 0 Å². The van der Waals surface area contributed by atoms with E-state index in [0.29, 0.717) is 11.4 Å². The highest BCUT2D eigenvalue weighted by Crippen LogP contribution is 2.18. The second-order valence-corrected chi connectivity index (χ2v) is 4.21. The molecule has 0 unspecified atom stereocenters. The Morgan fingerprint density at radius 2 is 2.05 bits per heavy atom. The summed E-state index contributed by atoms with van der Waals surface area (Å²) in [6, 6.07) is 7.30. The van der Waals surface area contributed by atoms with Gasteiger partial charge in [0.05, 0.1) is 5.56 Å². The molecule has 94 valence electrons. The zero-order chi connectivity index (χ0) is 13.2. The molecule has 0 radical (unpaired) electrons. The normalized spacial score (nSPS) is 10.6. The van der Waals surface area contributed by atoms with Crippen molar-refractivity contribution in [3.8, 4) is 16.9 Å². The first-order valence-corrected chi connectivity index (χ1v) is 5.90. The average Bonchev–Trinajstić information content (AvgIpc) is 2.82. The Labute approximate surface area is 109 Å². The van der Waals surface area contributed by atoms with Crippen LogP contribution < -0.4 is 5.56 Å². The Kier molecular flexibility index (Phi) is 2.72. The van der Waals surface area contributed by atoms with Crippen molar-refractivity contribution in [2.75, 3.05) is 0 Å². The topological polar surface area (TPSA) is 63.6 Å². The Morgan fingerprint density at radius 1 is 1.16 bits per heavy atom. The van der Waals surface area contributed by atoms with Gasteiger partial charge in [0.25, 0.3) is 5.56 Å². The third-order valence-corrected chi connectivity index (χ3v) is 2.98. The van der Waals surface area contributed by atoms with Gasteiger partial charge in [-0.25, -0.2) is 9.67 Å². The van der Waals surface area contributed by atoms with Crippen molar-refractivity contribution in [2.24, 2.45) is 0 Å². The van der Waals surface area contributed by atoms with Gasteiger partial charge in [-0.05, 0) is 30.7 Å². The molecule has 0 saturated carbocycles. The fraction of sp³-hybridized carbons (Fsp3) is 0.0714. The third-order valence-electron chi connectivity index (χ3n) is 2.98. The molecule has 1 N–H and O–H groups in total. The molecule has 0 bridgehead atoms. The molecule has 0 amide bonds. The van der Waals surface area contributed by atoms with Crippen molar-refractivity contribution in [1.82, 2.24) is 19.7 Å². The van der Waals surface area contributed by atoms with Crippen molar-refractivity contribution in [1.29, 1.82) is 0 Å². The lowest BCUT2D eigenvalue weighted by Crippen LogP contribution is -2.16. The molecule has 3 rings (SSSR count). The second kappa shape index (κ2) is 4.53. The predicted molar refractivity (Wildman–Crippen MR) is 72.2 cm³/mol. The van der Waals surface area contributed by atoms with E-state index in [1.165, 1.54) is 4.68 Å². The summed E-state index contributed by atoms with van der Waals surface area (Å²) in [6.45, 7) is 1.95. The van der Waals surface area contributed by atoms with Gasteiger partial charge >= 0.3 is 0 Å². The molecule has 0 aliphatic rings. The van der Waals surface area contributed by atoms with E-state index in [2.05, 4.69) is 15.1 Å². The minimum atomic E-state index is -0.130. The number of nitrogens with zero attached hydrogens (tertiary/aromatic N) is 3. The van der Waals surface area contributed by atoms with E-state index in [1.807, 2.05) is 25.1 Å². The lowest BCUT2D eigenvalue weighted by Gasteiger charge is -2.00. The Hall–Kier alpha value is -2.69. The molecule has 0 saturated heterocycles. The molecule has 0 spiro atoms. The number of pyridine rings is 2. The fourth-order valence-electron chi connectivity index (χ4n) is 1.97. The highest BCUT2D eigenvalue weighted by atomic mass is 16.1. The molecule has 0 fully saturated rings. The Bertz CT molecular complexity index is 758. The van der Waals surface area contributed by atoms with Crippen LogP contribution in [0.5, 0.6) is 0 Å². The molecule has 3 heterocycles. The quantitative estimate of drug-likeness (QED) is 0.758. The smallest absolute Gasteiger partial charge is 0.280 e. The number of aromatic amines is 1. The van der Waals surface area contributed by atoms with Crippen LogP contribution in [0.3, 0.4) is 0 Å². The number of aryl methyl sites for hydroxylation is 1. The van der Waals surface area contributed by atoms with Crippen LogP contribution in [0.2, 0.25) is 0 Å². The van der Waals surface area contributed by atoms with Gasteiger partial charge in [-0.15, -0.1) is 0 Å². The molecule has 0 aliphatic heterocycles. The number of hydrogen-bond donors (Lipinski definition) is 1. The molecule has 3 aromatic heterocycles. The van der Waals surface area contributed by atoms with Gasteiger partial charge in [0.2, 0.25) is 0 Å². The summed E-state index contributed by atoms with van der Waals surface area (Å²) >= 11 is 0. The minimum absolute atomic E-state index is 0.130. The number of H-pyrrole nitrogens is 1. The van der Waals surface area contributed by atoms with Crippen LogP contribution in [-0.4, -0.2) is 19.7 Å². The van der Waals surface area contributed by atoms with Gasteiger partial charge in [-0.3, -0.25) is 14.9 Å². The van der Waals surface area contributed by atoms with E-state index in [1.54, 1.807) is 30.9 Å². The Balaban J connectivity index is 2.15. The Morgan fingerprint density at radius 3 is 2.79 bits per heavy atom. The van der Waals surface area contributed by atoms with E-state index in [-0.39, 0.29) is 5.56 Å². The number of hydrogen-bond acceptors (Lipinski definition) is 3. The maximum atomic E-state index is 12.4. The summed E-state index contributed by atoms with van der Waals surface area (Å²) in [7, 11) is 0. The molecule has 5 heteroatoms. The predicted octanol–water partition coefficient (Wildman–Crippen LogP) is 1.93. The summed E-state index contributed by atoms with van der Waals surface area (Å²) in [5.74, 6) is 0.570. The first-order valence-electron chi connectivity index (χ1n) is 5.90. The van der Waals surface area contributed by atoms with Crippen LogP contribution in [0, 0.1) is 6.92 Å². The first-order chi connectivity index (χ1) is 9.27. The maximum absolute atomic E-state index is 12.4. The van der Waals surface area contributed by atoms with E-state index in [0.717, 1.165) is 11.1 Å². The van der Waals surface area contributed by atoms with E-state index >= 15 is 0 Å². The van der Waals surface area contributed by atoms with Crippen LogP contribution in [0.15, 0.2) is 53.8 Å². The molecular formula is C14H12N4O. The maximum Gasteiger partial charge on any atom is 0.280 e. The zero-order valence-electron chi connectivity index (χ0n) is 10.4. The molecule has 19 heavy (non-hydrogen) atoms. The summed E-state index contributed by atoms with van der Waals surface area (Å²) in [6.07, 6.45) is 6.74. The standard InChI is InChI=1S/C14H12N4O/c1-10-5-7-15-8-11(10)12-9-17-18(14(12)19)13-4-2-3-6-16-13/h2-9,17H,1H3. The van der Waals surface area contributed by atoms with E-state index in [9.17, 15) is 4.79 Å². The highest BCUT2D eigenvalue weighted by Gasteiger charge is 2.12. The highest BCUT2D eigenvalue weighted by molar-refractivity contribution is 5.64. The lowest BCUT2D eigenvalue weighted by atomic mass is 10.1. The zero-order valence-corrected chi connectivity index (χ0v) is 10.4. The molecule has 0 atom stereocenters. The van der Waals surface area contributed by atoms with Crippen LogP contribution in [0.25, 0.3) is 16.9 Å². The van der Waals surface area contributed by atoms with Gasteiger partial charge in [0, 0.05) is 30.4 Å². The van der Waals surface area contributed by atoms with Crippen LogP contribution in [-0.2, 0) is 0 Å². The van der Waals surface area contributed by atoms with Gasteiger partial charge in [-0.2, -0.15) is 0 Å². The number of nitrogens with one attached hydrogen (secondary N) is 1. The summed E-state index contributed by atoms with van der Waals surface area (Å²) in [5, 5.41) is 2.93. The van der Waals surface area contributed by atoms with Crippen LogP contribution in [0.4, 0.5) is 0 Å². The summed E-state index contributed by atoms with van der Waals surface area (Å²) < 4.78 is 1.42. The molecule has 0 aromatic carbocycles. The van der Waals surface area contributed by atoms with Gasteiger partial charge < -0.3 is 0 Å². The average molecular weight is 252 g/mol. The van der Waals surface area contributed by atoms with Crippen molar-refractivity contribution >= 4 is 0 Å². The SMILES string of the molecule is Cc1ccncc1-c1c[nH]n(-c2ccccn2)c1=O. The minimum Gasteiger partial charge on any atom is -0.296 e. The van der Waals surface area contributed by atoms with Crippen LogP contribution in [0.1, 0.15) is 5.56 Å². The van der Waals surface area contributed by atoms with Crippen LogP contribution >= 0.6 is 0 Å². The largest absolute Gasteiger partial charge is 0.296 e. The second-order valence-electron chi connectivity index (χ2n) is 4.21. The summed E-state index contributed by atoms with van der Waals surface area (Å²) in [5.41, 5.74) is 2.31. The third kappa shape index (κ3) is 1.95. The number of rotatable bonds is 2. The molecule has 5 nitrogen and oxygen atoms in total. The van der Waals surface area contributed by atoms with Crippen molar-refractivity contribution in [2.45, 2.75) is 6.92 Å². The number of aromatic nitrogens is 4. The monoisotopic (exact) mass is 252 g/mol. The fourth-order valence-corrected chi connectivity index (χ4v) is 1.97. The van der Waals surface area contributed by atoms with Gasteiger partial charge in [-0.1, -0.05) is 6.07 Å². The van der Waals surface area contributed by atoms with Gasteiger partial charge in [0.1, 0.15) is 0 Å². The van der Waals surface area contributed by atoms with Crippen molar-refractivity contribution < 1.29 is 0 Å². The molecule has 0 aliphatic carbocycles. The lowest BCUT2D eigenvalue weighted by molar-refractivity contribution is 0.819. The summed E-state index contributed by atoms with van der Waals surface area (Å²) in [4.78, 5) is 20.6. The first kappa shape index (κ1) is 11.4. The van der Waals surface area contributed by atoms with E-state index < -0.39 is 0 Å². The van der Waals surface area contributed by atoms with E-state index in [4.69, 9.17) is 0 Å². The van der Waals surface area contributed by atoms with Crippen molar-refractivity contribution in [3.05, 3.63) is 65.0 Å². The van der Waals surface area contributed by atoms with Gasteiger partial charge in [0.15, 0.2) is 5.82 Å².